The average molecular weight is 480 g/mol. The van der Waals surface area contributed by atoms with Crippen molar-refractivity contribution in [3.63, 3.8) is 0 Å². The Morgan fingerprint density at radius 2 is 2.11 bits per heavy atom. The minimum atomic E-state index is -0.614. The summed E-state index contributed by atoms with van der Waals surface area (Å²) in [5.41, 5.74) is 1.91. The Morgan fingerprint density at radius 1 is 1.26 bits per heavy atom. The van der Waals surface area contributed by atoms with Gasteiger partial charge in [0.15, 0.2) is 11.6 Å². The van der Waals surface area contributed by atoms with Crippen LogP contribution in [-0.4, -0.2) is 79.7 Å². The van der Waals surface area contributed by atoms with Crippen molar-refractivity contribution in [3.05, 3.63) is 70.5 Å². The van der Waals surface area contributed by atoms with Crippen LogP contribution in [0, 0.1) is 25.1 Å². The molecule has 0 bridgehead atoms. The van der Waals surface area contributed by atoms with E-state index >= 15 is 0 Å². The van der Waals surface area contributed by atoms with Crippen molar-refractivity contribution >= 4 is 11.6 Å². The largest absolute Gasteiger partial charge is 0.371 e. The van der Waals surface area contributed by atoms with Gasteiger partial charge in [-0.2, -0.15) is 4.68 Å². The number of carbonyl (C=O) groups excluding carboxylic acids is 1. The molecule has 0 aliphatic carbocycles. The fourth-order valence-electron chi connectivity index (χ4n) is 4.65. The number of piperazine rings is 1. The zero-order valence-corrected chi connectivity index (χ0v) is 18.9. The lowest BCUT2D eigenvalue weighted by molar-refractivity contribution is -0.139. The van der Waals surface area contributed by atoms with Crippen molar-refractivity contribution < 1.29 is 18.3 Å². The molecule has 1 amide bonds. The first-order valence-electron chi connectivity index (χ1n) is 11.1. The van der Waals surface area contributed by atoms with Crippen molar-refractivity contribution in [1.82, 2.24) is 35.0 Å². The number of carbonyl (C=O) groups is 1. The summed E-state index contributed by atoms with van der Waals surface area (Å²) in [4.78, 5) is 24.3. The van der Waals surface area contributed by atoms with Crippen LogP contribution in [0.2, 0.25) is 0 Å². The molecule has 2 aliphatic rings. The van der Waals surface area contributed by atoms with E-state index in [9.17, 15) is 13.6 Å². The Morgan fingerprint density at radius 3 is 2.86 bits per heavy atom. The van der Waals surface area contributed by atoms with Gasteiger partial charge in [-0.15, -0.1) is 5.10 Å². The molecule has 3 aromatic rings. The molecular weight excluding hydrogens is 458 g/mol. The third-order valence-electron chi connectivity index (χ3n) is 6.53. The first-order valence-corrected chi connectivity index (χ1v) is 11.1. The van der Waals surface area contributed by atoms with E-state index in [1.807, 2.05) is 0 Å². The van der Waals surface area contributed by atoms with Gasteiger partial charge in [-0.3, -0.25) is 9.69 Å². The molecule has 0 radical (unpaired) electrons. The minimum Gasteiger partial charge on any atom is -0.371 e. The lowest BCUT2D eigenvalue weighted by Gasteiger charge is -2.46. The van der Waals surface area contributed by atoms with Crippen LogP contribution in [0.25, 0.3) is 10.7 Å². The number of rotatable bonds is 4. The van der Waals surface area contributed by atoms with Crippen LogP contribution in [-0.2, 0) is 16.0 Å². The van der Waals surface area contributed by atoms with E-state index in [0.717, 1.165) is 10.2 Å². The molecule has 2 fully saturated rings. The number of hydrogen-bond acceptors (Lipinski definition) is 7. The number of pyridine rings is 1. The van der Waals surface area contributed by atoms with E-state index in [1.165, 1.54) is 24.7 Å². The topological polar surface area (TPSA) is 93.6 Å². The predicted molar refractivity (Wildman–Crippen MR) is 119 cm³/mol. The summed E-state index contributed by atoms with van der Waals surface area (Å²) in [5.74, 6) is -1.29. The smallest absolute Gasteiger partial charge is 0.227 e. The van der Waals surface area contributed by atoms with Crippen LogP contribution in [0.3, 0.4) is 0 Å². The van der Waals surface area contributed by atoms with Gasteiger partial charge >= 0.3 is 0 Å². The Balaban J connectivity index is 1.21. The standard InChI is InChI=1S/C23H22F2N8O2/c1-14-17(3-4-18(24)22(14)26-2)20-11-31-5-6-32(10-16(31)12-35-20)21(34)8-15-7-19(25)23(27-9-15)33-13-28-29-30-33/h3-4,7,9,13,16,20H,5-6,8,10-12H2,1H3/t16-,20-/m0/s1. The number of amides is 1. The molecule has 5 rings (SSSR count). The molecule has 2 aromatic heterocycles. The zero-order chi connectivity index (χ0) is 24.5. The van der Waals surface area contributed by atoms with Crippen LogP contribution in [0.4, 0.5) is 14.5 Å². The van der Waals surface area contributed by atoms with Gasteiger partial charge in [-0.1, -0.05) is 6.07 Å². The van der Waals surface area contributed by atoms with E-state index in [1.54, 1.807) is 17.9 Å². The maximum absolute atomic E-state index is 14.4. The molecule has 0 saturated carbocycles. The van der Waals surface area contributed by atoms with Gasteiger partial charge < -0.3 is 9.64 Å². The minimum absolute atomic E-state index is 0.0283. The highest BCUT2D eigenvalue weighted by Crippen LogP contribution is 2.34. The number of halogens is 2. The van der Waals surface area contributed by atoms with Gasteiger partial charge in [0.05, 0.1) is 31.7 Å². The lowest BCUT2D eigenvalue weighted by Crippen LogP contribution is -2.59. The lowest BCUT2D eigenvalue weighted by atomic mass is 9.98. The van der Waals surface area contributed by atoms with Crippen molar-refractivity contribution in [2.45, 2.75) is 25.5 Å². The fraction of sp³-hybridized carbons (Fsp3) is 0.391. The number of fused-ring (bicyclic) bond motifs is 1. The number of nitrogens with zero attached hydrogens (tertiary/aromatic N) is 8. The van der Waals surface area contributed by atoms with Crippen LogP contribution in [0.1, 0.15) is 22.8 Å². The summed E-state index contributed by atoms with van der Waals surface area (Å²) in [6.45, 7) is 11.7. The maximum atomic E-state index is 14.4. The third kappa shape index (κ3) is 4.48. The second-order valence-electron chi connectivity index (χ2n) is 8.61. The summed E-state index contributed by atoms with van der Waals surface area (Å²) < 4.78 is 35.5. The highest BCUT2D eigenvalue weighted by Gasteiger charge is 2.36. The number of aromatic nitrogens is 5. The van der Waals surface area contributed by atoms with E-state index in [4.69, 9.17) is 11.3 Å². The van der Waals surface area contributed by atoms with Gasteiger partial charge in [0.2, 0.25) is 11.6 Å². The maximum Gasteiger partial charge on any atom is 0.227 e. The van der Waals surface area contributed by atoms with Crippen molar-refractivity contribution in [2.75, 3.05) is 32.8 Å². The summed E-state index contributed by atoms with van der Waals surface area (Å²) in [6, 6.07) is 4.30. The van der Waals surface area contributed by atoms with Gasteiger partial charge in [0.25, 0.3) is 0 Å². The third-order valence-corrected chi connectivity index (χ3v) is 6.53. The number of ether oxygens (including phenoxy) is 1. The SMILES string of the molecule is [C-]#[N+]c1c(F)ccc([C@@H]2CN3CCN(C(=O)Cc4cnc(-n5cnnn5)c(F)c4)C[C@H]3CO2)c1C. The van der Waals surface area contributed by atoms with E-state index in [2.05, 4.69) is 30.3 Å². The molecule has 2 atom stereocenters. The van der Waals surface area contributed by atoms with Gasteiger partial charge in [0, 0.05) is 32.4 Å². The number of benzene rings is 1. The van der Waals surface area contributed by atoms with E-state index < -0.39 is 11.6 Å². The molecule has 10 nitrogen and oxygen atoms in total. The molecular formula is C23H22F2N8O2. The molecule has 0 spiro atoms. The van der Waals surface area contributed by atoms with Crippen LogP contribution >= 0.6 is 0 Å². The Kier molecular flexibility index (Phi) is 6.19. The average Bonchev–Trinajstić information content (AvgIpc) is 3.38. The molecule has 180 valence electrons. The quantitative estimate of drug-likeness (QED) is 0.528. The van der Waals surface area contributed by atoms with Crippen molar-refractivity contribution in [1.29, 1.82) is 0 Å². The summed E-state index contributed by atoms with van der Waals surface area (Å²) in [6.07, 6.45) is 2.46. The second-order valence-corrected chi connectivity index (χ2v) is 8.61. The summed E-state index contributed by atoms with van der Waals surface area (Å²) in [5, 5.41) is 10.6. The van der Waals surface area contributed by atoms with Gasteiger partial charge in [-0.05, 0) is 46.2 Å². The van der Waals surface area contributed by atoms with Crippen LogP contribution in [0.15, 0.2) is 30.7 Å². The first kappa shape index (κ1) is 22.9. The number of tetrazole rings is 1. The zero-order valence-electron chi connectivity index (χ0n) is 18.9. The fourth-order valence-corrected chi connectivity index (χ4v) is 4.65. The molecule has 0 unspecified atom stereocenters. The van der Waals surface area contributed by atoms with Gasteiger partial charge in [0.1, 0.15) is 12.1 Å². The normalized spacial score (nSPS) is 20.3. The molecule has 1 aromatic carbocycles. The molecule has 2 saturated heterocycles. The number of morpholine rings is 1. The highest BCUT2D eigenvalue weighted by atomic mass is 19.1. The molecule has 0 N–H and O–H groups in total. The van der Waals surface area contributed by atoms with Crippen molar-refractivity contribution in [3.8, 4) is 5.82 Å². The molecule has 2 aliphatic heterocycles. The first-order chi connectivity index (χ1) is 16.9. The van der Waals surface area contributed by atoms with E-state index in [0.29, 0.717) is 43.9 Å². The Labute approximate surface area is 199 Å². The number of hydrogen-bond donors (Lipinski definition) is 0. The van der Waals surface area contributed by atoms with Crippen LogP contribution in [0.5, 0.6) is 0 Å². The Hall–Kier alpha value is -3.82. The van der Waals surface area contributed by atoms with E-state index in [-0.39, 0.29) is 36.0 Å². The van der Waals surface area contributed by atoms with Gasteiger partial charge in [-0.25, -0.2) is 18.6 Å². The van der Waals surface area contributed by atoms with Crippen LogP contribution < -0.4 is 0 Å². The molecule has 35 heavy (non-hydrogen) atoms. The highest BCUT2D eigenvalue weighted by molar-refractivity contribution is 5.79. The second kappa shape index (κ2) is 9.44. The monoisotopic (exact) mass is 480 g/mol. The summed E-state index contributed by atoms with van der Waals surface area (Å²) >= 11 is 0. The Bertz CT molecular complexity index is 1290. The molecule has 12 heteroatoms. The summed E-state index contributed by atoms with van der Waals surface area (Å²) in [7, 11) is 0. The molecule has 4 heterocycles. The van der Waals surface area contributed by atoms with Crippen molar-refractivity contribution in [2.24, 2.45) is 0 Å². The predicted octanol–water partition coefficient (Wildman–Crippen LogP) is 2.02.